The molecular formula is C14H19NO. The van der Waals surface area contributed by atoms with Crippen LogP contribution in [0.15, 0.2) is 29.3 Å². The Bertz CT molecular complexity index is 384. The summed E-state index contributed by atoms with van der Waals surface area (Å²) in [5.41, 5.74) is 2.69. The molecule has 1 atom stereocenters. The van der Waals surface area contributed by atoms with Crippen LogP contribution >= 0.6 is 0 Å². The summed E-state index contributed by atoms with van der Waals surface area (Å²) in [7, 11) is 3.63. The lowest BCUT2D eigenvalue weighted by atomic mass is 9.82. The fraction of sp³-hybridized carbons (Fsp3) is 0.500. The van der Waals surface area contributed by atoms with Crippen molar-refractivity contribution in [2.24, 2.45) is 4.99 Å². The number of ether oxygens (including phenoxy) is 1. The minimum atomic E-state index is 0.508. The molecule has 0 bridgehead atoms. The van der Waals surface area contributed by atoms with Crippen molar-refractivity contribution in [2.75, 3.05) is 14.2 Å². The van der Waals surface area contributed by atoms with Crippen LogP contribution in [0.2, 0.25) is 0 Å². The third-order valence-electron chi connectivity index (χ3n) is 3.36. The van der Waals surface area contributed by atoms with Gasteiger partial charge in [-0.25, -0.2) is 0 Å². The molecule has 2 rings (SSSR count). The molecule has 1 aliphatic rings. The van der Waals surface area contributed by atoms with E-state index in [4.69, 9.17) is 4.74 Å². The largest absolute Gasteiger partial charge is 0.497 e. The van der Waals surface area contributed by atoms with Crippen LogP contribution in [0.25, 0.3) is 0 Å². The van der Waals surface area contributed by atoms with Crippen molar-refractivity contribution in [3.8, 4) is 5.75 Å². The van der Waals surface area contributed by atoms with Gasteiger partial charge in [-0.15, -0.1) is 0 Å². The molecule has 0 aromatic heterocycles. The zero-order valence-corrected chi connectivity index (χ0v) is 10.1. The Morgan fingerprint density at radius 1 is 1.31 bits per heavy atom. The first-order chi connectivity index (χ1) is 7.85. The van der Waals surface area contributed by atoms with Crippen LogP contribution in [0.3, 0.4) is 0 Å². The molecule has 1 unspecified atom stereocenters. The number of hydrogen-bond acceptors (Lipinski definition) is 2. The highest BCUT2D eigenvalue weighted by molar-refractivity contribution is 5.91. The van der Waals surface area contributed by atoms with Crippen molar-refractivity contribution in [2.45, 2.75) is 31.6 Å². The Hall–Kier alpha value is -1.31. The third-order valence-corrected chi connectivity index (χ3v) is 3.36. The SMILES string of the molecule is CN=C1CCCCC1c1cccc(OC)c1. The van der Waals surface area contributed by atoms with E-state index in [1.807, 2.05) is 13.1 Å². The summed E-state index contributed by atoms with van der Waals surface area (Å²) in [4.78, 5) is 4.44. The lowest BCUT2D eigenvalue weighted by Crippen LogP contribution is -2.17. The lowest BCUT2D eigenvalue weighted by Gasteiger charge is -2.24. The molecule has 0 N–H and O–H groups in total. The first-order valence-electron chi connectivity index (χ1n) is 5.94. The second-order valence-electron chi connectivity index (χ2n) is 4.29. The summed E-state index contributed by atoms with van der Waals surface area (Å²) >= 11 is 0. The number of nitrogens with zero attached hydrogens (tertiary/aromatic N) is 1. The number of benzene rings is 1. The summed E-state index contributed by atoms with van der Waals surface area (Å²) < 4.78 is 5.27. The van der Waals surface area contributed by atoms with Gasteiger partial charge in [0.1, 0.15) is 5.75 Å². The van der Waals surface area contributed by atoms with E-state index in [1.54, 1.807) is 7.11 Å². The number of aliphatic imine (C=N–C) groups is 1. The molecule has 0 saturated heterocycles. The fourth-order valence-electron chi connectivity index (χ4n) is 2.48. The molecular weight excluding hydrogens is 198 g/mol. The van der Waals surface area contributed by atoms with E-state index in [0.717, 1.165) is 12.2 Å². The van der Waals surface area contributed by atoms with Crippen LogP contribution in [-0.2, 0) is 0 Å². The van der Waals surface area contributed by atoms with Gasteiger partial charge in [0.15, 0.2) is 0 Å². The van der Waals surface area contributed by atoms with Gasteiger partial charge in [-0.2, -0.15) is 0 Å². The summed E-state index contributed by atoms with van der Waals surface area (Å²) in [6.07, 6.45) is 4.96. The number of methoxy groups -OCH3 is 1. The summed E-state index contributed by atoms with van der Waals surface area (Å²) in [6, 6.07) is 8.38. The van der Waals surface area contributed by atoms with E-state index >= 15 is 0 Å². The molecule has 1 aromatic rings. The van der Waals surface area contributed by atoms with E-state index < -0.39 is 0 Å². The van der Waals surface area contributed by atoms with Crippen molar-refractivity contribution < 1.29 is 4.74 Å². The van der Waals surface area contributed by atoms with Crippen molar-refractivity contribution in [3.63, 3.8) is 0 Å². The minimum Gasteiger partial charge on any atom is -0.497 e. The second-order valence-corrected chi connectivity index (χ2v) is 4.29. The first kappa shape index (κ1) is 11.2. The predicted octanol–water partition coefficient (Wildman–Crippen LogP) is 3.42. The summed E-state index contributed by atoms with van der Waals surface area (Å²) in [6.45, 7) is 0. The Morgan fingerprint density at radius 2 is 2.19 bits per heavy atom. The molecule has 16 heavy (non-hydrogen) atoms. The molecule has 1 aromatic carbocycles. The van der Waals surface area contributed by atoms with Crippen LogP contribution in [0, 0.1) is 0 Å². The Balaban J connectivity index is 2.27. The van der Waals surface area contributed by atoms with Gasteiger partial charge in [0, 0.05) is 18.7 Å². The summed E-state index contributed by atoms with van der Waals surface area (Å²) in [5, 5.41) is 0. The zero-order chi connectivity index (χ0) is 11.4. The molecule has 0 amide bonds. The van der Waals surface area contributed by atoms with Gasteiger partial charge in [0.25, 0.3) is 0 Å². The molecule has 0 radical (unpaired) electrons. The molecule has 1 fully saturated rings. The Labute approximate surface area is 97.4 Å². The van der Waals surface area contributed by atoms with Crippen LogP contribution in [0.5, 0.6) is 5.75 Å². The van der Waals surface area contributed by atoms with Crippen molar-refractivity contribution in [1.82, 2.24) is 0 Å². The number of rotatable bonds is 2. The topological polar surface area (TPSA) is 21.6 Å². The van der Waals surface area contributed by atoms with E-state index in [0.29, 0.717) is 5.92 Å². The maximum Gasteiger partial charge on any atom is 0.119 e. The molecule has 1 saturated carbocycles. The highest BCUT2D eigenvalue weighted by atomic mass is 16.5. The van der Waals surface area contributed by atoms with Crippen LogP contribution in [-0.4, -0.2) is 19.9 Å². The molecule has 0 heterocycles. The van der Waals surface area contributed by atoms with E-state index in [-0.39, 0.29) is 0 Å². The molecule has 0 aliphatic heterocycles. The van der Waals surface area contributed by atoms with Gasteiger partial charge >= 0.3 is 0 Å². The van der Waals surface area contributed by atoms with E-state index in [9.17, 15) is 0 Å². The van der Waals surface area contributed by atoms with Gasteiger partial charge < -0.3 is 4.74 Å². The van der Waals surface area contributed by atoms with Gasteiger partial charge in [0.2, 0.25) is 0 Å². The third kappa shape index (κ3) is 2.26. The first-order valence-corrected chi connectivity index (χ1v) is 5.94. The zero-order valence-electron chi connectivity index (χ0n) is 10.1. The highest BCUT2D eigenvalue weighted by Gasteiger charge is 2.21. The maximum atomic E-state index is 5.27. The van der Waals surface area contributed by atoms with Crippen molar-refractivity contribution in [1.29, 1.82) is 0 Å². The monoisotopic (exact) mass is 217 g/mol. The average Bonchev–Trinajstić information content (AvgIpc) is 2.38. The molecule has 0 spiro atoms. The second kappa shape index (κ2) is 5.15. The molecule has 86 valence electrons. The van der Waals surface area contributed by atoms with Gasteiger partial charge in [-0.3, -0.25) is 4.99 Å². The van der Waals surface area contributed by atoms with Gasteiger partial charge in [-0.1, -0.05) is 18.6 Å². The molecule has 1 aliphatic carbocycles. The minimum absolute atomic E-state index is 0.508. The lowest BCUT2D eigenvalue weighted by molar-refractivity contribution is 0.414. The van der Waals surface area contributed by atoms with E-state index in [1.165, 1.54) is 30.5 Å². The average molecular weight is 217 g/mol. The van der Waals surface area contributed by atoms with Crippen LogP contribution in [0.1, 0.15) is 37.2 Å². The smallest absolute Gasteiger partial charge is 0.119 e. The predicted molar refractivity (Wildman–Crippen MR) is 67.6 cm³/mol. The number of hydrogen-bond donors (Lipinski definition) is 0. The van der Waals surface area contributed by atoms with Crippen LogP contribution in [0.4, 0.5) is 0 Å². The normalized spacial score (nSPS) is 23.4. The fourth-order valence-corrected chi connectivity index (χ4v) is 2.48. The van der Waals surface area contributed by atoms with Gasteiger partial charge in [-0.05, 0) is 37.0 Å². The maximum absolute atomic E-state index is 5.27. The highest BCUT2D eigenvalue weighted by Crippen LogP contribution is 2.32. The Morgan fingerprint density at radius 3 is 2.94 bits per heavy atom. The molecule has 2 heteroatoms. The van der Waals surface area contributed by atoms with Crippen LogP contribution < -0.4 is 4.74 Å². The van der Waals surface area contributed by atoms with Gasteiger partial charge in [0.05, 0.1) is 7.11 Å². The van der Waals surface area contributed by atoms with Crippen molar-refractivity contribution in [3.05, 3.63) is 29.8 Å². The standard InChI is InChI=1S/C14H19NO/c1-15-14-9-4-3-8-13(14)11-6-5-7-12(10-11)16-2/h5-7,10,13H,3-4,8-9H2,1-2H3. The molecule has 2 nitrogen and oxygen atoms in total. The van der Waals surface area contributed by atoms with Crippen molar-refractivity contribution >= 4 is 5.71 Å². The van der Waals surface area contributed by atoms with E-state index in [2.05, 4.69) is 23.2 Å². The quantitative estimate of drug-likeness (QED) is 0.743. The summed E-state index contributed by atoms with van der Waals surface area (Å²) in [5.74, 6) is 1.45. The Kier molecular flexibility index (Phi) is 3.60.